The molecule has 1 heteroatoms. The summed E-state index contributed by atoms with van der Waals surface area (Å²) in [6.07, 6.45) is 1.75. The zero-order chi connectivity index (χ0) is 7.82. The molecular formula is C9H11Zn. The summed E-state index contributed by atoms with van der Waals surface area (Å²) in [7, 11) is 0. The van der Waals surface area contributed by atoms with Crippen molar-refractivity contribution in [1.82, 2.24) is 0 Å². The van der Waals surface area contributed by atoms with E-state index in [1.54, 1.807) is 6.08 Å². The second-order valence-electron chi connectivity index (χ2n) is 1.89. The normalized spacial score (nSPS) is 7.50. The van der Waals surface area contributed by atoms with Gasteiger partial charge in [-0.25, -0.2) is 0 Å². The second-order valence-corrected chi connectivity index (χ2v) is 3.61. The van der Waals surface area contributed by atoms with Crippen molar-refractivity contribution < 1.29 is 18.3 Å². The molecule has 0 N–H and O–H groups in total. The fourth-order valence-electron chi connectivity index (χ4n) is 0.478. The fraction of sp³-hybridized carbons (Fsp3) is 0.111. The van der Waals surface area contributed by atoms with Crippen LogP contribution in [0, 0.1) is 0 Å². The monoisotopic (exact) mass is 183 g/mol. The van der Waals surface area contributed by atoms with Gasteiger partial charge >= 0.3 is 52.8 Å². The molecule has 0 aliphatic carbocycles. The molecule has 0 nitrogen and oxygen atoms in total. The van der Waals surface area contributed by atoms with Crippen LogP contribution in [0.5, 0.6) is 0 Å². The van der Waals surface area contributed by atoms with Gasteiger partial charge in [-0.05, 0) is 6.92 Å². The van der Waals surface area contributed by atoms with Crippen LogP contribution in [0.1, 0.15) is 6.92 Å². The molecule has 1 aromatic carbocycles. The van der Waals surface area contributed by atoms with Gasteiger partial charge in [-0.3, -0.25) is 0 Å². The van der Waals surface area contributed by atoms with E-state index in [0.717, 1.165) is 0 Å². The molecule has 0 aromatic heterocycles. The van der Waals surface area contributed by atoms with Crippen LogP contribution in [-0.2, 0) is 18.3 Å². The molecule has 49 valence electrons. The Labute approximate surface area is 72.6 Å². The minimum atomic E-state index is 1.26. The van der Waals surface area contributed by atoms with E-state index >= 15 is 0 Å². The number of rotatable bonds is 0. The molecule has 0 aliphatic rings. The Balaban J connectivity index is 0.000000236. The Morgan fingerprint density at radius 1 is 1.30 bits per heavy atom. The molecule has 0 fully saturated rings. The van der Waals surface area contributed by atoms with Crippen molar-refractivity contribution in [2.45, 2.75) is 6.92 Å². The molecule has 0 radical (unpaired) electrons. The van der Waals surface area contributed by atoms with Crippen LogP contribution in [0.25, 0.3) is 0 Å². The van der Waals surface area contributed by atoms with Gasteiger partial charge < -0.3 is 0 Å². The SMILES string of the molecule is C=CC.[Zn][c]1ccccc1. The van der Waals surface area contributed by atoms with Crippen molar-refractivity contribution in [3.63, 3.8) is 0 Å². The average molecular weight is 185 g/mol. The van der Waals surface area contributed by atoms with Crippen molar-refractivity contribution in [2.24, 2.45) is 0 Å². The third-order valence-electron chi connectivity index (χ3n) is 0.843. The van der Waals surface area contributed by atoms with Crippen LogP contribution in [0.15, 0.2) is 43.0 Å². The predicted molar refractivity (Wildman–Crippen MR) is 41.9 cm³/mol. The van der Waals surface area contributed by atoms with E-state index < -0.39 is 0 Å². The second kappa shape index (κ2) is 6.70. The first-order valence-corrected chi connectivity index (χ1v) is 4.73. The summed E-state index contributed by atoms with van der Waals surface area (Å²) in [5.74, 6) is 0. The van der Waals surface area contributed by atoms with Crippen LogP contribution < -0.4 is 4.16 Å². The van der Waals surface area contributed by atoms with E-state index in [0.29, 0.717) is 0 Å². The molecule has 0 amide bonds. The van der Waals surface area contributed by atoms with Crippen molar-refractivity contribution >= 4 is 4.16 Å². The van der Waals surface area contributed by atoms with Crippen molar-refractivity contribution in [3.8, 4) is 0 Å². The van der Waals surface area contributed by atoms with Gasteiger partial charge in [0, 0.05) is 0 Å². The van der Waals surface area contributed by atoms with Gasteiger partial charge in [-0.2, -0.15) is 0 Å². The Morgan fingerprint density at radius 2 is 1.70 bits per heavy atom. The van der Waals surface area contributed by atoms with E-state index in [4.69, 9.17) is 0 Å². The van der Waals surface area contributed by atoms with Crippen LogP contribution in [0.3, 0.4) is 0 Å². The molecule has 0 atom stereocenters. The third-order valence-corrected chi connectivity index (χ3v) is 1.83. The van der Waals surface area contributed by atoms with Crippen LogP contribution in [0.4, 0.5) is 0 Å². The summed E-state index contributed by atoms with van der Waals surface area (Å²) in [6, 6.07) is 10.5. The molecule has 1 aromatic rings. The van der Waals surface area contributed by atoms with E-state index in [1.807, 2.05) is 13.0 Å². The van der Waals surface area contributed by atoms with Gasteiger partial charge in [0.1, 0.15) is 0 Å². The standard InChI is InChI=1S/C6H5.C3H6.Zn/c1-2-4-6-5-3-1;1-3-2;/h1-5H;3H,1H2,2H3;. The Kier molecular flexibility index (Phi) is 6.42. The first-order chi connectivity index (χ1) is 4.81. The molecule has 0 saturated carbocycles. The van der Waals surface area contributed by atoms with Crippen LogP contribution >= 0.6 is 0 Å². The topological polar surface area (TPSA) is 0 Å². The van der Waals surface area contributed by atoms with E-state index in [2.05, 4.69) is 30.8 Å². The quantitative estimate of drug-likeness (QED) is 0.428. The Morgan fingerprint density at radius 3 is 1.90 bits per heavy atom. The van der Waals surface area contributed by atoms with Gasteiger partial charge in [0.15, 0.2) is 0 Å². The molecule has 0 saturated heterocycles. The van der Waals surface area contributed by atoms with Crippen molar-refractivity contribution in [1.29, 1.82) is 0 Å². The maximum atomic E-state index is 3.36. The van der Waals surface area contributed by atoms with Crippen LogP contribution in [-0.4, -0.2) is 0 Å². The molecular weight excluding hydrogens is 173 g/mol. The fourth-order valence-corrected chi connectivity index (χ4v) is 1.05. The summed E-state index contributed by atoms with van der Waals surface area (Å²) in [5, 5.41) is 0. The number of benzene rings is 1. The maximum absolute atomic E-state index is 3.36. The number of hydrogen-bond acceptors (Lipinski definition) is 0. The van der Waals surface area contributed by atoms with Crippen molar-refractivity contribution in [2.75, 3.05) is 0 Å². The summed E-state index contributed by atoms with van der Waals surface area (Å²) < 4.78 is 1.45. The Bertz CT molecular complexity index is 167. The molecule has 0 unspecified atom stereocenters. The van der Waals surface area contributed by atoms with Gasteiger partial charge in [-0.1, -0.05) is 6.08 Å². The predicted octanol–water partition coefficient (Wildman–Crippen LogP) is 2.05. The average Bonchev–Trinajstić information content (AvgIpc) is 1.91. The van der Waals surface area contributed by atoms with E-state index in [9.17, 15) is 0 Å². The first-order valence-electron chi connectivity index (χ1n) is 3.25. The summed E-state index contributed by atoms with van der Waals surface area (Å²) >= 11 is 1.26. The molecule has 0 aliphatic heterocycles. The summed E-state index contributed by atoms with van der Waals surface area (Å²) in [5.41, 5.74) is 0. The van der Waals surface area contributed by atoms with E-state index in [1.165, 1.54) is 22.5 Å². The van der Waals surface area contributed by atoms with E-state index in [-0.39, 0.29) is 0 Å². The van der Waals surface area contributed by atoms with Crippen LogP contribution in [0.2, 0.25) is 0 Å². The van der Waals surface area contributed by atoms with Gasteiger partial charge in [0.25, 0.3) is 0 Å². The Hall–Kier alpha value is -0.417. The van der Waals surface area contributed by atoms with Gasteiger partial charge in [0.2, 0.25) is 0 Å². The summed E-state index contributed by atoms with van der Waals surface area (Å²) in [4.78, 5) is 0. The van der Waals surface area contributed by atoms with Gasteiger partial charge in [-0.15, -0.1) is 6.58 Å². The minimum absolute atomic E-state index is 1.26. The first kappa shape index (κ1) is 9.58. The molecule has 0 spiro atoms. The third kappa shape index (κ3) is 5.72. The number of allylic oxidation sites excluding steroid dienone is 1. The molecule has 10 heavy (non-hydrogen) atoms. The zero-order valence-electron chi connectivity index (χ0n) is 6.38. The number of hydrogen-bond donors (Lipinski definition) is 0. The molecule has 0 bridgehead atoms. The van der Waals surface area contributed by atoms with Gasteiger partial charge in [0.05, 0.1) is 0 Å². The summed E-state index contributed by atoms with van der Waals surface area (Å²) in [6.45, 7) is 5.25. The molecule has 0 heterocycles. The zero-order valence-corrected chi connectivity index (χ0v) is 9.35. The molecule has 1 rings (SSSR count). The van der Waals surface area contributed by atoms with Crippen molar-refractivity contribution in [3.05, 3.63) is 43.0 Å².